The third-order valence-electron chi connectivity index (χ3n) is 5.24. The Balaban J connectivity index is 3.85. The Hall–Kier alpha value is -0.410. The van der Waals surface area contributed by atoms with Gasteiger partial charge in [0.15, 0.2) is 0 Å². The SMILES string of the molecule is CC(=O)C(CCCCCC(C)(C)CO)CCCCCC(C)(C)CO. The van der Waals surface area contributed by atoms with Crippen LogP contribution in [0, 0.1) is 16.7 Å². The van der Waals surface area contributed by atoms with Gasteiger partial charge in [0.1, 0.15) is 5.78 Å². The Morgan fingerprint density at radius 3 is 1.42 bits per heavy atom. The molecule has 0 atom stereocenters. The lowest BCUT2D eigenvalue weighted by atomic mass is 9.86. The molecule has 0 unspecified atom stereocenters. The average Bonchev–Trinajstić information content (AvgIpc) is 2.51. The monoisotopic (exact) mass is 342 g/mol. The number of carbonyl (C=O) groups is 1. The summed E-state index contributed by atoms with van der Waals surface area (Å²) < 4.78 is 0. The summed E-state index contributed by atoms with van der Waals surface area (Å²) in [7, 11) is 0. The standard InChI is InChI=1S/C21H42O3/c1-18(24)19(12-8-6-10-14-20(2,3)16-22)13-9-7-11-15-21(4,5)17-23/h19,22-23H,6-17H2,1-5H3. The molecule has 0 aliphatic rings. The number of rotatable bonds is 15. The minimum atomic E-state index is 0.0301. The Kier molecular flexibility index (Phi) is 11.8. The van der Waals surface area contributed by atoms with Crippen molar-refractivity contribution >= 4 is 5.78 Å². The number of aliphatic hydroxyl groups is 2. The van der Waals surface area contributed by atoms with Crippen LogP contribution in [-0.4, -0.2) is 29.2 Å². The van der Waals surface area contributed by atoms with Crippen molar-refractivity contribution in [3.05, 3.63) is 0 Å². The van der Waals surface area contributed by atoms with E-state index >= 15 is 0 Å². The van der Waals surface area contributed by atoms with Crippen molar-refractivity contribution in [1.82, 2.24) is 0 Å². The molecule has 0 heterocycles. The molecule has 2 N–H and O–H groups in total. The van der Waals surface area contributed by atoms with Gasteiger partial charge in [0.2, 0.25) is 0 Å². The van der Waals surface area contributed by atoms with Crippen LogP contribution in [0.15, 0.2) is 0 Å². The molecule has 0 amide bonds. The van der Waals surface area contributed by atoms with Crippen molar-refractivity contribution in [3.63, 3.8) is 0 Å². The van der Waals surface area contributed by atoms with Crippen LogP contribution < -0.4 is 0 Å². The van der Waals surface area contributed by atoms with Crippen molar-refractivity contribution in [2.45, 2.75) is 98.8 Å². The lowest BCUT2D eigenvalue weighted by Crippen LogP contribution is -2.16. The van der Waals surface area contributed by atoms with Crippen LogP contribution in [0.25, 0.3) is 0 Å². The molecule has 0 aliphatic heterocycles. The fourth-order valence-corrected chi connectivity index (χ4v) is 3.05. The van der Waals surface area contributed by atoms with Gasteiger partial charge in [-0.25, -0.2) is 0 Å². The summed E-state index contributed by atoms with van der Waals surface area (Å²) in [5.41, 5.74) is 0.0602. The van der Waals surface area contributed by atoms with Crippen LogP contribution in [0.3, 0.4) is 0 Å². The summed E-state index contributed by atoms with van der Waals surface area (Å²) in [5, 5.41) is 18.5. The molecule has 0 fully saturated rings. The minimum Gasteiger partial charge on any atom is -0.396 e. The van der Waals surface area contributed by atoms with Crippen molar-refractivity contribution < 1.29 is 15.0 Å². The quantitative estimate of drug-likeness (QED) is 0.406. The molecule has 0 saturated heterocycles. The van der Waals surface area contributed by atoms with Crippen molar-refractivity contribution in [1.29, 1.82) is 0 Å². The predicted octanol–water partition coefficient (Wildman–Crippen LogP) is 5.13. The number of carbonyl (C=O) groups excluding carboxylic acids is 1. The first kappa shape index (κ1) is 23.6. The summed E-state index contributed by atoms with van der Waals surface area (Å²) in [6.07, 6.45) is 10.9. The van der Waals surface area contributed by atoms with Gasteiger partial charge in [0.25, 0.3) is 0 Å². The highest BCUT2D eigenvalue weighted by Crippen LogP contribution is 2.26. The Labute approximate surface area is 150 Å². The molecule has 0 bridgehead atoms. The Bertz CT molecular complexity index is 308. The summed E-state index contributed by atoms with van der Waals surface area (Å²) >= 11 is 0. The van der Waals surface area contributed by atoms with E-state index in [1.165, 1.54) is 0 Å². The smallest absolute Gasteiger partial charge is 0.132 e. The van der Waals surface area contributed by atoms with E-state index in [9.17, 15) is 15.0 Å². The highest BCUT2D eigenvalue weighted by atomic mass is 16.3. The Morgan fingerprint density at radius 1 is 0.750 bits per heavy atom. The molecule has 0 spiro atoms. The number of ketones is 1. The summed E-state index contributed by atoms with van der Waals surface area (Å²) in [6, 6.07) is 0. The average molecular weight is 343 g/mol. The molecule has 0 rings (SSSR count). The molecular weight excluding hydrogens is 300 g/mol. The van der Waals surface area contributed by atoms with Crippen molar-refractivity contribution in [3.8, 4) is 0 Å². The van der Waals surface area contributed by atoms with Crippen LogP contribution in [0.5, 0.6) is 0 Å². The number of hydrogen-bond acceptors (Lipinski definition) is 3. The van der Waals surface area contributed by atoms with E-state index in [0.717, 1.165) is 64.2 Å². The molecule has 0 radical (unpaired) electrons. The van der Waals surface area contributed by atoms with Gasteiger partial charge in [-0.1, -0.05) is 66.2 Å². The molecule has 144 valence electrons. The normalized spacial score (nSPS) is 12.8. The van der Waals surface area contributed by atoms with Crippen LogP contribution in [0.4, 0.5) is 0 Å². The lowest BCUT2D eigenvalue weighted by molar-refractivity contribution is -0.121. The summed E-state index contributed by atoms with van der Waals surface area (Å²) in [5.74, 6) is 0.558. The van der Waals surface area contributed by atoms with Crippen molar-refractivity contribution in [2.24, 2.45) is 16.7 Å². The van der Waals surface area contributed by atoms with Gasteiger partial charge in [-0.2, -0.15) is 0 Å². The summed E-state index contributed by atoms with van der Waals surface area (Å²) in [4.78, 5) is 11.8. The van der Waals surface area contributed by atoms with E-state index < -0.39 is 0 Å². The van der Waals surface area contributed by atoms with Gasteiger partial charge in [0.05, 0.1) is 0 Å². The first-order valence-electron chi connectivity index (χ1n) is 9.86. The van der Waals surface area contributed by atoms with E-state index in [4.69, 9.17) is 0 Å². The van der Waals surface area contributed by atoms with Crippen LogP contribution in [0.1, 0.15) is 98.8 Å². The highest BCUT2D eigenvalue weighted by Gasteiger charge is 2.18. The third-order valence-corrected chi connectivity index (χ3v) is 5.24. The second kappa shape index (κ2) is 12.0. The van der Waals surface area contributed by atoms with Gasteiger partial charge < -0.3 is 10.2 Å². The first-order valence-corrected chi connectivity index (χ1v) is 9.86. The zero-order valence-corrected chi connectivity index (χ0v) is 16.9. The number of unbranched alkanes of at least 4 members (excludes halogenated alkanes) is 4. The van der Waals surface area contributed by atoms with Crippen LogP contribution in [-0.2, 0) is 4.79 Å². The molecule has 0 aromatic heterocycles. The third kappa shape index (κ3) is 12.0. The van der Waals surface area contributed by atoms with Crippen LogP contribution in [0.2, 0.25) is 0 Å². The topological polar surface area (TPSA) is 57.5 Å². The second-order valence-corrected chi connectivity index (χ2v) is 9.15. The van der Waals surface area contributed by atoms with E-state index in [-0.39, 0.29) is 30.0 Å². The maximum Gasteiger partial charge on any atom is 0.132 e. The zero-order valence-electron chi connectivity index (χ0n) is 16.9. The number of hydrogen-bond donors (Lipinski definition) is 2. The fraction of sp³-hybridized carbons (Fsp3) is 0.952. The molecule has 0 aliphatic carbocycles. The van der Waals surface area contributed by atoms with Gasteiger partial charge in [-0.05, 0) is 43.4 Å². The van der Waals surface area contributed by atoms with Gasteiger partial charge in [-0.15, -0.1) is 0 Å². The first-order chi connectivity index (χ1) is 11.1. The van der Waals surface area contributed by atoms with E-state index in [2.05, 4.69) is 27.7 Å². The Morgan fingerprint density at radius 2 is 1.12 bits per heavy atom. The molecule has 0 aromatic rings. The van der Waals surface area contributed by atoms with Gasteiger partial charge >= 0.3 is 0 Å². The van der Waals surface area contributed by atoms with E-state index in [1.807, 2.05) is 0 Å². The molecule has 3 nitrogen and oxygen atoms in total. The largest absolute Gasteiger partial charge is 0.396 e. The molecule has 24 heavy (non-hydrogen) atoms. The van der Waals surface area contributed by atoms with Gasteiger partial charge in [-0.3, -0.25) is 4.79 Å². The maximum atomic E-state index is 11.8. The van der Waals surface area contributed by atoms with Crippen molar-refractivity contribution in [2.75, 3.05) is 13.2 Å². The highest BCUT2D eigenvalue weighted by molar-refractivity contribution is 5.78. The fourth-order valence-electron chi connectivity index (χ4n) is 3.05. The molecule has 0 aromatic carbocycles. The summed E-state index contributed by atoms with van der Waals surface area (Å²) in [6.45, 7) is 10.6. The van der Waals surface area contributed by atoms with Crippen LogP contribution >= 0.6 is 0 Å². The van der Waals surface area contributed by atoms with Gasteiger partial charge in [0, 0.05) is 19.1 Å². The second-order valence-electron chi connectivity index (χ2n) is 9.15. The number of aliphatic hydroxyl groups excluding tert-OH is 2. The molecule has 3 heteroatoms. The molecular formula is C21H42O3. The maximum absolute atomic E-state index is 11.8. The predicted molar refractivity (Wildman–Crippen MR) is 102 cm³/mol. The minimum absolute atomic E-state index is 0.0301. The zero-order chi connectivity index (χ0) is 18.6. The number of Topliss-reactive ketones (excluding diaryl/α,β-unsaturated/α-hetero) is 1. The van der Waals surface area contributed by atoms with E-state index in [0.29, 0.717) is 5.78 Å². The van der Waals surface area contributed by atoms with E-state index in [1.54, 1.807) is 6.92 Å². The lowest BCUT2D eigenvalue weighted by Gasteiger charge is -2.22. The molecule has 0 saturated carbocycles.